The number of carbonyl (C=O) groups is 1. The van der Waals surface area contributed by atoms with E-state index in [4.69, 9.17) is 8.94 Å². The van der Waals surface area contributed by atoms with Crippen LogP contribution in [0.3, 0.4) is 0 Å². The number of hydrogen-bond donors (Lipinski definition) is 0. The van der Waals surface area contributed by atoms with E-state index in [0.717, 1.165) is 5.56 Å². The van der Waals surface area contributed by atoms with Gasteiger partial charge >= 0.3 is 0 Å². The number of pyridine rings is 1. The van der Waals surface area contributed by atoms with Crippen molar-refractivity contribution in [2.75, 3.05) is 4.90 Å². The summed E-state index contributed by atoms with van der Waals surface area (Å²) in [6, 6.07) is 9.87. The minimum absolute atomic E-state index is 0.0239. The standard InChI is InChI=1S/C21H15N3O4/c1-11-5-6-15-14(8-11)19(25)17-18(13-4-3-7-22-10-13)24(21(26)20(17)27-15)16-9-12(2)28-23-16/h3-10,18H,1-2H3/t18-/m0/s1. The van der Waals surface area contributed by atoms with Crippen molar-refractivity contribution in [1.82, 2.24) is 10.1 Å². The molecule has 7 heteroatoms. The van der Waals surface area contributed by atoms with E-state index in [-0.39, 0.29) is 16.8 Å². The highest BCUT2D eigenvalue weighted by molar-refractivity contribution is 6.10. The number of nitrogens with zero attached hydrogens (tertiary/aromatic N) is 3. The zero-order chi connectivity index (χ0) is 19.4. The summed E-state index contributed by atoms with van der Waals surface area (Å²) in [4.78, 5) is 32.2. The molecule has 1 aliphatic heterocycles. The average molecular weight is 373 g/mol. The van der Waals surface area contributed by atoms with Gasteiger partial charge in [-0.05, 0) is 37.6 Å². The fourth-order valence-corrected chi connectivity index (χ4v) is 3.64. The number of anilines is 1. The molecule has 0 N–H and O–H groups in total. The molecule has 3 aromatic heterocycles. The lowest BCUT2D eigenvalue weighted by Gasteiger charge is -2.21. The van der Waals surface area contributed by atoms with Gasteiger partial charge in [-0.3, -0.25) is 19.5 Å². The Bertz CT molecular complexity index is 1290. The fourth-order valence-electron chi connectivity index (χ4n) is 3.64. The summed E-state index contributed by atoms with van der Waals surface area (Å²) < 4.78 is 11.1. The van der Waals surface area contributed by atoms with Crippen LogP contribution in [-0.4, -0.2) is 16.0 Å². The summed E-state index contributed by atoms with van der Waals surface area (Å²) in [6.45, 7) is 3.64. The second-order valence-electron chi connectivity index (χ2n) is 6.83. The molecular weight excluding hydrogens is 358 g/mol. The number of aromatic nitrogens is 2. The monoisotopic (exact) mass is 373 g/mol. The first-order valence-corrected chi connectivity index (χ1v) is 8.79. The first kappa shape index (κ1) is 16.4. The highest BCUT2D eigenvalue weighted by atomic mass is 16.5. The van der Waals surface area contributed by atoms with Crippen LogP contribution in [0.5, 0.6) is 0 Å². The molecule has 0 aliphatic carbocycles. The van der Waals surface area contributed by atoms with E-state index < -0.39 is 11.9 Å². The highest BCUT2D eigenvalue weighted by Crippen LogP contribution is 2.40. The Morgan fingerprint density at radius 2 is 1.96 bits per heavy atom. The van der Waals surface area contributed by atoms with Gasteiger partial charge in [-0.2, -0.15) is 0 Å². The van der Waals surface area contributed by atoms with Gasteiger partial charge in [0.1, 0.15) is 11.3 Å². The zero-order valence-electron chi connectivity index (χ0n) is 15.2. The largest absolute Gasteiger partial charge is 0.450 e. The summed E-state index contributed by atoms with van der Waals surface area (Å²) >= 11 is 0. The normalized spacial score (nSPS) is 16.0. The molecule has 1 aliphatic rings. The third-order valence-corrected chi connectivity index (χ3v) is 4.89. The Hall–Kier alpha value is -3.74. The van der Waals surface area contributed by atoms with Gasteiger partial charge < -0.3 is 8.94 Å². The molecule has 7 nitrogen and oxygen atoms in total. The fraction of sp³-hybridized carbons (Fsp3) is 0.143. The second-order valence-corrected chi connectivity index (χ2v) is 6.83. The quantitative estimate of drug-likeness (QED) is 0.534. The number of fused-ring (bicyclic) bond motifs is 2. The summed E-state index contributed by atoms with van der Waals surface area (Å²) in [7, 11) is 0. The van der Waals surface area contributed by atoms with Crippen molar-refractivity contribution < 1.29 is 13.7 Å². The molecule has 1 atom stereocenters. The first-order valence-electron chi connectivity index (χ1n) is 8.79. The molecule has 0 saturated carbocycles. The minimum atomic E-state index is -0.693. The molecule has 1 aromatic carbocycles. The molecule has 0 bridgehead atoms. The maximum Gasteiger partial charge on any atom is 0.296 e. The summed E-state index contributed by atoms with van der Waals surface area (Å²) in [5.41, 5.74) is 2.06. The van der Waals surface area contributed by atoms with Gasteiger partial charge in [-0.25, -0.2) is 0 Å². The van der Waals surface area contributed by atoms with Crippen molar-refractivity contribution in [3.63, 3.8) is 0 Å². The molecule has 5 rings (SSSR count). The molecule has 4 aromatic rings. The minimum Gasteiger partial charge on any atom is -0.450 e. The van der Waals surface area contributed by atoms with Crippen molar-refractivity contribution in [2.24, 2.45) is 0 Å². The van der Waals surface area contributed by atoms with E-state index in [0.29, 0.717) is 28.1 Å². The molecule has 0 unspecified atom stereocenters. The van der Waals surface area contributed by atoms with Crippen molar-refractivity contribution in [1.29, 1.82) is 0 Å². The van der Waals surface area contributed by atoms with Crippen LogP contribution >= 0.6 is 0 Å². The number of amides is 1. The SMILES string of the molecule is Cc1ccc2oc3c(c(=O)c2c1)[C@H](c1cccnc1)N(c1cc(C)on1)C3=O. The van der Waals surface area contributed by atoms with Gasteiger partial charge in [0.05, 0.1) is 17.0 Å². The lowest BCUT2D eigenvalue weighted by atomic mass is 9.99. The van der Waals surface area contributed by atoms with Gasteiger partial charge in [0.25, 0.3) is 5.91 Å². The highest BCUT2D eigenvalue weighted by Gasteiger charge is 2.45. The zero-order valence-corrected chi connectivity index (χ0v) is 15.2. The maximum atomic E-state index is 13.4. The van der Waals surface area contributed by atoms with Crippen LogP contribution in [0.25, 0.3) is 11.0 Å². The van der Waals surface area contributed by atoms with Crippen LogP contribution in [0.1, 0.15) is 39.0 Å². The number of rotatable bonds is 2. The molecule has 28 heavy (non-hydrogen) atoms. The number of aryl methyl sites for hydroxylation is 2. The Balaban J connectivity index is 1.84. The Morgan fingerprint density at radius 3 is 2.68 bits per heavy atom. The lowest BCUT2D eigenvalue weighted by Crippen LogP contribution is -2.29. The average Bonchev–Trinajstić information content (AvgIpc) is 3.24. The maximum absolute atomic E-state index is 13.4. The van der Waals surface area contributed by atoms with Gasteiger partial charge in [0, 0.05) is 18.5 Å². The molecular formula is C21H15N3O4. The third kappa shape index (κ3) is 2.29. The first-order chi connectivity index (χ1) is 13.5. The topological polar surface area (TPSA) is 89.4 Å². The second kappa shape index (κ2) is 5.88. The van der Waals surface area contributed by atoms with Crippen LogP contribution in [-0.2, 0) is 0 Å². The molecule has 0 spiro atoms. The summed E-state index contributed by atoms with van der Waals surface area (Å²) in [6.07, 6.45) is 3.27. The van der Waals surface area contributed by atoms with Crippen molar-refractivity contribution in [3.05, 3.63) is 87.2 Å². The van der Waals surface area contributed by atoms with E-state index in [1.165, 1.54) is 4.90 Å². The van der Waals surface area contributed by atoms with Crippen LogP contribution in [0.15, 0.2) is 62.5 Å². The van der Waals surface area contributed by atoms with Gasteiger partial charge in [-0.15, -0.1) is 0 Å². The van der Waals surface area contributed by atoms with E-state index in [2.05, 4.69) is 10.1 Å². The predicted octanol–water partition coefficient (Wildman–Crippen LogP) is 3.54. The van der Waals surface area contributed by atoms with Gasteiger partial charge in [0.15, 0.2) is 11.2 Å². The van der Waals surface area contributed by atoms with Gasteiger partial charge in [0.2, 0.25) is 5.76 Å². The van der Waals surface area contributed by atoms with E-state index in [9.17, 15) is 9.59 Å². The summed E-state index contributed by atoms with van der Waals surface area (Å²) in [5.74, 6) is 0.471. The van der Waals surface area contributed by atoms with Crippen molar-refractivity contribution >= 4 is 22.7 Å². The smallest absolute Gasteiger partial charge is 0.296 e. The Kier molecular flexibility index (Phi) is 3.45. The lowest BCUT2D eigenvalue weighted by molar-refractivity contribution is 0.0969. The molecule has 138 valence electrons. The van der Waals surface area contributed by atoms with Crippen LogP contribution in [0.2, 0.25) is 0 Å². The van der Waals surface area contributed by atoms with E-state index in [1.807, 2.05) is 19.1 Å². The molecule has 0 saturated heterocycles. The number of carbonyl (C=O) groups excluding carboxylic acids is 1. The number of hydrogen-bond acceptors (Lipinski definition) is 6. The molecule has 4 heterocycles. The Morgan fingerprint density at radius 1 is 1.11 bits per heavy atom. The van der Waals surface area contributed by atoms with E-state index in [1.54, 1.807) is 43.6 Å². The van der Waals surface area contributed by atoms with Crippen LogP contribution < -0.4 is 10.3 Å². The van der Waals surface area contributed by atoms with E-state index >= 15 is 0 Å². The van der Waals surface area contributed by atoms with Crippen molar-refractivity contribution in [2.45, 2.75) is 19.9 Å². The predicted molar refractivity (Wildman–Crippen MR) is 101 cm³/mol. The van der Waals surface area contributed by atoms with Crippen LogP contribution in [0, 0.1) is 13.8 Å². The number of benzene rings is 1. The third-order valence-electron chi connectivity index (χ3n) is 4.89. The Labute approximate surface area is 159 Å². The molecule has 0 fully saturated rings. The van der Waals surface area contributed by atoms with Crippen molar-refractivity contribution in [3.8, 4) is 0 Å². The van der Waals surface area contributed by atoms with Gasteiger partial charge in [-0.1, -0.05) is 22.9 Å². The molecule has 0 radical (unpaired) electrons. The summed E-state index contributed by atoms with van der Waals surface area (Å²) in [5, 5.41) is 4.43. The molecule has 1 amide bonds. The van der Waals surface area contributed by atoms with Crippen LogP contribution in [0.4, 0.5) is 5.82 Å².